The summed E-state index contributed by atoms with van der Waals surface area (Å²) in [5.41, 5.74) is 2.52. The molecule has 0 bridgehead atoms. The monoisotopic (exact) mass is 657 g/mol. The van der Waals surface area contributed by atoms with E-state index in [1.54, 1.807) is 36.4 Å². The van der Waals surface area contributed by atoms with Crippen LogP contribution in [-0.2, 0) is 32.6 Å². The Kier molecular flexibility index (Phi) is 10.7. The number of sulfonamides is 1. The molecule has 1 N–H and O–H groups in total. The number of anilines is 1. The number of amides is 2. The summed E-state index contributed by atoms with van der Waals surface area (Å²) in [6.07, 6.45) is 0.202. The highest BCUT2D eigenvalue weighted by molar-refractivity contribution is 7.92. The smallest absolute Gasteiger partial charge is 0.264 e. The summed E-state index contributed by atoms with van der Waals surface area (Å²) in [4.78, 5) is 29.0. The van der Waals surface area contributed by atoms with Crippen LogP contribution in [0.1, 0.15) is 16.7 Å². The first kappa shape index (κ1) is 32.4. The number of nitrogens with zero attached hydrogens (tertiary/aromatic N) is 2. The minimum absolute atomic E-state index is 0.0154. The molecular weight excluding hydrogens is 629 g/mol. The maximum Gasteiger partial charge on any atom is 0.264 e. The first-order valence-corrected chi connectivity index (χ1v) is 15.9. The van der Waals surface area contributed by atoms with E-state index in [9.17, 15) is 18.0 Å². The average Bonchev–Trinajstić information content (AvgIpc) is 2.98. The van der Waals surface area contributed by atoms with E-state index in [-0.39, 0.29) is 33.6 Å². The van der Waals surface area contributed by atoms with Gasteiger partial charge in [0.1, 0.15) is 12.6 Å². The molecule has 0 aromatic heterocycles. The lowest BCUT2D eigenvalue weighted by molar-refractivity contribution is -0.139. The fraction of sp³-hybridized carbons (Fsp3) is 0.188. The molecule has 0 aliphatic rings. The Morgan fingerprint density at radius 1 is 0.791 bits per heavy atom. The molecule has 0 aliphatic carbocycles. The van der Waals surface area contributed by atoms with Crippen LogP contribution in [0, 0.1) is 6.92 Å². The molecule has 1 atom stereocenters. The van der Waals surface area contributed by atoms with Crippen molar-refractivity contribution in [3.8, 4) is 0 Å². The first-order chi connectivity index (χ1) is 20.5. The van der Waals surface area contributed by atoms with E-state index < -0.39 is 34.4 Å². The highest BCUT2D eigenvalue weighted by Gasteiger charge is 2.34. The summed E-state index contributed by atoms with van der Waals surface area (Å²) in [7, 11) is -2.78. The normalized spacial score (nSPS) is 11.9. The molecule has 0 saturated carbocycles. The van der Waals surface area contributed by atoms with Crippen molar-refractivity contribution in [1.29, 1.82) is 0 Å². The number of benzene rings is 4. The number of rotatable bonds is 11. The predicted molar refractivity (Wildman–Crippen MR) is 172 cm³/mol. The van der Waals surface area contributed by atoms with Crippen LogP contribution in [-0.4, -0.2) is 44.8 Å². The van der Waals surface area contributed by atoms with Gasteiger partial charge < -0.3 is 10.2 Å². The van der Waals surface area contributed by atoms with E-state index >= 15 is 0 Å². The second-order valence-corrected chi connectivity index (χ2v) is 13.1. The molecule has 224 valence electrons. The van der Waals surface area contributed by atoms with Gasteiger partial charge in [0.2, 0.25) is 11.8 Å². The molecular formula is C32H30Cl3N3O4S. The van der Waals surface area contributed by atoms with Gasteiger partial charge in [-0.2, -0.15) is 0 Å². The van der Waals surface area contributed by atoms with Crippen molar-refractivity contribution in [3.63, 3.8) is 0 Å². The lowest BCUT2D eigenvalue weighted by Crippen LogP contribution is -2.53. The van der Waals surface area contributed by atoms with E-state index in [0.717, 1.165) is 15.4 Å². The number of aryl methyl sites for hydroxylation is 1. The van der Waals surface area contributed by atoms with Gasteiger partial charge in [-0.05, 0) is 60.5 Å². The van der Waals surface area contributed by atoms with E-state index in [4.69, 9.17) is 34.8 Å². The number of carbonyl (C=O) groups excluding carboxylic acids is 2. The predicted octanol–water partition coefficient (Wildman–Crippen LogP) is 6.54. The van der Waals surface area contributed by atoms with Gasteiger partial charge in [-0.1, -0.05) is 95.0 Å². The van der Waals surface area contributed by atoms with E-state index in [0.29, 0.717) is 10.6 Å². The lowest BCUT2D eigenvalue weighted by Gasteiger charge is -2.33. The van der Waals surface area contributed by atoms with Crippen molar-refractivity contribution in [2.24, 2.45) is 0 Å². The molecule has 11 heteroatoms. The summed E-state index contributed by atoms with van der Waals surface area (Å²) in [5, 5.41) is 3.57. The van der Waals surface area contributed by atoms with Crippen LogP contribution in [0.2, 0.25) is 15.1 Å². The molecule has 0 spiro atoms. The zero-order valence-corrected chi connectivity index (χ0v) is 26.6. The van der Waals surface area contributed by atoms with Gasteiger partial charge in [-0.3, -0.25) is 13.9 Å². The van der Waals surface area contributed by atoms with Gasteiger partial charge in [-0.15, -0.1) is 0 Å². The molecule has 0 saturated heterocycles. The number of carbonyl (C=O) groups is 2. The largest absolute Gasteiger partial charge is 0.357 e. The molecule has 0 radical (unpaired) electrons. The Labute approximate surface area is 267 Å². The van der Waals surface area contributed by atoms with Crippen LogP contribution in [0.15, 0.2) is 102 Å². The second kappa shape index (κ2) is 14.3. The summed E-state index contributed by atoms with van der Waals surface area (Å²) < 4.78 is 29.1. The van der Waals surface area contributed by atoms with Crippen molar-refractivity contribution in [1.82, 2.24) is 10.2 Å². The number of hydrogen-bond acceptors (Lipinski definition) is 4. The van der Waals surface area contributed by atoms with Crippen molar-refractivity contribution >= 4 is 62.3 Å². The third-order valence-corrected chi connectivity index (χ3v) is 9.28. The van der Waals surface area contributed by atoms with Crippen LogP contribution in [0.3, 0.4) is 0 Å². The topological polar surface area (TPSA) is 86.8 Å². The minimum Gasteiger partial charge on any atom is -0.357 e. The Morgan fingerprint density at radius 2 is 1.40 bits per heavy atom. The quantitative estimate of drug-likeness (QED) is 0.198. The number of nitrogens with one attached hydrogen (secondary N) is 1. The molecule has 0 aliphatic heterocycles. The highest BCUT2D eigenvalue weighted by atomic mass is 35.5. The number of hydrogen-bond donors (Lipinski definition) is 1. The fourth-order valence-electron chi connectivity index (χ4n) is 4.56. The maximum atomic E-state index is 14.3. The summed E-state index contributed by atoms with van der Waals surface area (Å²) in [5.74, 6) is -1.00. The van der Waals surface area contributed by atoms with Crippen LogP contribution >= 0.6 is 34.8 Å². The van der Waals surface area contributed by atoms with Gasteiger partial charge in [-0.25, -0.2) is 8.42 Å². The SMILES string of the molecule is CNC(=O)C(Cc1ccccc1)N(Cc1ccc(Cl)cc1)C(=O)CN(c1cc(Cl)cc(Cl)c1)S(=O)(=O)c1ccc(C)cc1. The molecule has 2 amide bonds. The van der Waals surface area contributed by atoms with Crippen molar-refractivity contribution in [2.75, 3.05) is 17.9 Å². The van der Waals surface area contributed by atoms with E-state index in [1.165, 1.54) is 42.3 Å². The van der Waals surface area contributed by atoms with Crippen LogP contribution < -0.4 is 9.62 Å². The molecule has 4 aromatic rings. The maximum absolute atomic E-state index is 14.3. The third-order valence-electron chi connectivity index (χ3n) is 6.81. The Balaban J connectivity index is 1.80. The van der Waals surface area contributed by atoms with Gasteiger partial charge in [0, 0.05) is 35.1 Å². The summed E-state index contributed by atoms with van der Waals surface area (Å²) in [6.45, 7) is 1.24. The van der Waals surface area contributed by atoms with Gasteiger partial charge >= 0.3 is 0 Å². The Morgan fingerprint density at radius 3 is 1.98 bits per heavy atom. The minimum atomic E-state index is -4.27. The van der Waals surface area contributed by atoms with Crippen molar-refractivity contribution < 1.29 is 18.0 Å². The zero-order valence-electron chi connectivity index (χ0n) is 23.5. The number of halogens is 3. The first-order valence-electron chi connectivity index (χ1n) is 13.3. The van der Waals surface area contributed by atoms with Gasteiger partial charge in [0.25, 0.3) is 10.0 Å². The second-order valence-electron chi connectivity index (χ2n) is 9.92. The number of likely N-dealkylation sites (N-methyl/N-ethyl adjacent to an activating group) is 1. The molecule has 0 heterocycles. The van der Waals surface area contributed by atoms with Crippen molar-refractivity contribution in [3.05, 3.63) is 129 Å². The molecule has 1 unspecified atom stereocenters. The van der Waals surface area contributed by atoms with E-state index in [1.807, 2.05) is 37.3 Å². The molecule has 4 rings (SSSR count). The average molecular weight is 659 g/mol. The Hall–Kier alpha value is -3.56. The molecule has 43 heavy (non-hydrogen) atoms. The van der Waals surface area contributed by atoms with Crippen LogP contribution in [0.5, 0.6) is 0 Å². The summed E-state index contributed by atoms with van der Waals surface area (Å²) >= 11 is 18.6. The lowest BCUT2D eigenvalue weighted by atomic mass is 10.0. The van der Waals surface area contributed by atoms with Crippen molar-refractivity contribution in [2.45, 2.75) is 30.8 Å². The van der Waals surface area contributed by atoms with Gasteiger partial charge in [0.15, 0.2) is 0 Å². The summed E-state index contributed by atoms with van der Waals surface area (Å²) in [6, 6.07) is 25.8. The zero-order chi connectivity index (χ0) is 31.1. The molecule has 0 fully saturated rings. The van der Waals surface area contributed by atoms with Crippen LogP contribution in [0.25, 0.3) is 0 Å². The highest BCUT2D eigenvalue weighted by Crippen LogP contribution is 2.30. The fourth-order valence-corrected chi connectivity index (χ4v) is 6.59. The third kappa shape index (κ3) is 8.30. The Bertz CT molecular complexity index is 1660. The van der Waals surface area contributed by atoms with Crippen LogP contribution in [0.4, 0.5) is 5.69 Å². The van der Waals surface area contributed by atoms with E-state index in [2.05, 4.69) is 5.32 Å². The standard InChI is InChI=1S/C32H30Cl3N3O4S/c1-22-8-14-29(15-9-22)43(41,42)38(28-18-26(34)17-27(35)19-28)21-31(39)37(20-24-10-12-25(33)13-11-24)30(32(40)36-2)16-23-6-4-3-5-7-23/h3-15,17-19,30H,16,20-21H2,1-2H3,(H,36,40). The molecule has 4 aromatic carbocycles. The molecule has 7 nitrogen and oxygen atoms in total. The van der Waals surface area contributed by atoms with Gasteiger partial charge in [0.05, 0.1) is 10.6 Å².